The number of benzene rings is 1. The van der Waals surface area contributed by atoms with Gasteiger partial charge in [-0.15, -0.1) is 0 Å². The van der Waals surface area contributed by atoms with Crippen LogP contribution in [0.4, 0.5) is 0 Å². The first-order valence-corrected chi connectivity index (χ1v) is 17.3. The van der Waals surface area contributed by atoms with Gasteiger partial charge in [-0.25, -0.2) is 4.79 Å². The fourth-order valence-electron chi connectivity index (χ4n) is 5.52. The Balaban J connectivity index is 2.28. The summed E-state index contributed by atoms with van der Waals surface area (Å²) in [6.45, 7) is 7.41. The summed E-state index contributed by atoms with van der Waals surface area (Å²) in [6, 6.07) is -0.871. The van der Waals surface area contributed by atoms with Crippen molar-refractivity contribution in [3.05, 3.63) is 29.8 Å². The van der Waals surface area contributed by atoms with E-state index in [1.807, 2.05) is 13.8 Å². The number of aliphatic carboxylic acids is 1. The Morgan fingerprint density at radius 1 is 0.900 bits per heavy atom. The number of hydrogen-bond acceptors (Lipinski definition) is 10. The summed E-state index contributed by atoms with van der Waals surface area (Å²) in [7, 11) is 0. The third-order valence-electron chi connectivity index (χ3n) is 8.25. The monoisotopic (exact) mass is 721 g/mol. The van der Waals surface area contributed by atoms with E-state index in [-0.39, 0.29) is 55.6 Å². The fraction of sp³-hybridized carbons (Fsp3) is 0.606. The van der Waals surface area contributed by atoms with Gasteiger partial charge >= 0.3 is 5.97 Å². The molecular formula is C33H51N7O9S. The lowest BCUT2D eigenvalue weighted by Crippen LogP contribution is -2.60. The van der Waals surface area contributed by atoms with E-state index in [0.717, 1.165) is 0 Å². The summed E-state index contributed by atoms with van der Waals surface area (Å²) in [6.07, 6.45) is 0.478. The van der Waals surface area contributed by atoms with Crippen LogP contribution in [0.1, 0.15) is 65.4 Å². The van der Waals surface area contributed by atoms with Gasteiger partial charge in [-0.05, 0) is 55.2 Å². The van der Waals surface area contributed by atoms with Crippen LogP contribution in [0.3, 0.4) is 0 Å². The van der Waals surface area contributed by atoms with E-state index >= 15 is 0 Å². The topological polar surface area (TPSA) is 263 Å². The minimum atomic E-state index is -1.41. The number of nitrogens with one attached hydrogen (secondary N) is 4. The zero-order valence-corrected chi connectivity index (χ0v) is 29.8. The maximum atomic E-state index is 14.0. The quantitative estimate of drug-likeness (QED) is 0.0801. The maximum absolute atomic E-state index is 14.0. The summed E-state index contributed by atoms with van der Waals surface area (Å²) < 4.78 is 0. The Hall–Kier alpha value is -4.38. The highest BCUT2D eigenvalue weighted by molar-refractivity contribution is 7.80. The van der Waals surface area contributed by atoms with Gasteiger partial charge in [-0.3, -0.25) is 28.8 Å². The van der Waals surface area contributed by atoms with Gasteiger partial charge in [-0.1, -0.05) is 39.8 Å². The number of carbonyl (C=O) groups is 7. The van der Waals surface area contributed by atoms with Crippen molar-refractivity contribution in [3.63, 3.8) is 0 Å². The van der Waals surface area contributed by atoms with Gasteiger partial charge in [0, 0.05) is 25.1 Å². The lowest BCUT2D eigenvalue weighted by molar-refractivity contribution is -0.145. The average Bonchev–Trinajstić information content (AvgIpc) is 3.54. The van der Waals surface area contributed by atoms with E-state index in [1.165, 1.54) is 17.0 Å². The first-order valence-electron chi connectivity index (χ1n) is 16.6. The molecule has 1 aliphatic rings. The number of hydrogen-bond donors (Lipinski definition) is 9. The van der Waals surface area contributed by atoms with Crippen LogP contribution >= 0.6 is 12.6 Å². The molecule has 1 fully saturated rings. The van der Waals surface area contributed by atoms with Crippen molar-refractivity contribution in [2.24, 2.45) is 23.3 Å². The van der Waals surface area contributed by atoms with Gasteiger partial charge in [0.15, 0.2) is 0 Å². The fourth-order valence-corrected chi connectivity index (χ4v) is 5.78. The van der Waals surface area contributed by atoms with Crippen LogP contribution in [0.2, 0.25) is 0 Å². The molecule has 2 rings (SSSR count). The smallest absolute Gasteiger partial charge is 0.326 e. The standard InChI is InChI=1S/C33H51N7O9S/c1-17(2)14-21(34)28(43)39-27(18(3)4)31(46)38-24(16-50)29(44)37-23(15-19-7-9-20(41)10-8-19)32(47)40-13-5-6-25(40)30(45)36-22(33(48)49)11-12-26(35)42/h7-10,17-18,21-25,27,41,50H,5-6,11-16,34H2,1-4H3,(H2,35,42)(H,36,45)(H,37,44)(H,38,46)(H,39,43)(H,48,49). The molecule has 1 saturated heterocycles. The van der Waals surface area contributed by atoms with Crippen molar-refractivity contribution in [2.45, 2.75) is 102 Å². The Morgan fingerprint density at radius 2 is 1.52 bits per heavy atom. The summed E-state index contributed by atoms with van der Waals surface area (Å²) in [4.78, 5) is 91.1. The summed E-state index contributed by atoms with van der Waals surface area (Å²) >= 11 is 4.25. The van der Waals surface area contributed by atoms with Crippen molar-refractivity contribution in [1.29, 1.82) is 0 Å². The van der Waals surface area contributed by atoms with Gasteiger partial charge in [0.2, 0.25) is 35.4 Å². The Kier molecular flexibility index (Phi) is 16.5. The average molecular weight is 722 g/mol. The number of carbonyl (C=O) groups excluding carboxylic acids is 6. The highest BCUT2D eigenvalue weighted by Crippen LogP contribution is 2.21. The normalized spacial score (nSPS) is 17.3. The van der Waals surface area contributed by atoms with Crippen molar-refractivity contribution in [2.75, 3.05) is 12.3 Å². The molecule has 278 valence electrons. The number of nitrogens with zero attached hydrogens (tertiary/aromatic N) is 1. The SMILES string of the molecule is CC(C)CC(N)C(=O)NC(C(=O)NC(CS)C(=O)NC(Cc1ccc(O)cc1)C(=O)N1CCCC1C(=O)NC(CCC(N)=O)C(=O)O)C(C)C. The minimum absolute atomic E-state index is 0.0175. The molecule has 17 heteroatoms. The molecule has 0 spiro atoms. The predicted molar refractivity (Wildman–Crippen MR) is 186 cm³/mol. The Labute approximate surface area is 297 Å². The third kappa shape index (κ3) is 12.8. The molecule has 0 aromatic heterocycles. The van der Waals surface area contributed by atoms with Crippen molar-refractivity contribution >= 4 is 54.0 Å². The molecule has 16 nitrogen and oxygen atoms in total. The van der Waals surface area contributed by atoms with E-state index in [2.05, 4.69) is 33.9 Å². The first kappa shape index (κ1) is 41.8. The predicted octanol–water partition coefficient (Wildman–Crippen LogP) is -0.826. The summed E-state index contributed by atoms with van der Waals surface area (Å²) in [5.41, 5.74) is 11.7. The molecule has 0 saturated carbocycles. The van der Waals surface area contributed by atoms with Crippen LogP contribution in [0.25, 0.3) is 0 Å². The molecule has 10 N–H and O–H groups in total. The van der Waals surface area contributed by atoms with E-state index in [1.54, 1.807) is 26.0 Å². The van der Waals surface area contributed by atoms with Crippen molar-refractivity contribution < 1.29 is 43.8 Å². The van der Waals surface area contributed by atoms with Gasteiger partial charge in [0.1, 0.15) is 36.0 Å². The molecule has 50 heavy (non-hydrogen) atoms. The highest BCUT2D eigenvalue weighted by Gasteiger charge is 2.40. The number of rotatable bonds is 19. The molecule has 6 atom stereocenters. The molecule has 6 unspecified atom stereocenters. The molecule has 0 aliphatic carbocycles. The highest BCUT2D eigenvalue weighted by atomic mass is 32.1. The number of carboxylic acid groups (broad SMARTS) is 1. The third-order valence-corrected chi connectivity index (χ3v) is 8.61. The zero-order valence-electron chi connectivity index (χ0n) is 28.9. The van der Waals surface area contributed by atoms with E-state index < -0.39 is 77.7 Å². The number of nitrogens with two attached hydrogens (primary N) is 2. The van der Waals surface area contributed by atoms with Gasteiger partial charge in [0.25, 0.3) is 0 Å². The molecule has 0 radical (unpaired) electrons. The van der Waals surface area contributed by atoms with Gasteiger partial charge < -0.3 is 47.8 Å². The van der Waals surface area contributed by atoms with Crippen LogP contribution in [0.5, 0.6) is 5.75 Å². The molecule has 6 amide bonds. The molecular weight excluding hydrogens is 670 g/mol. The number of amides is 6. The second-order valence-corrected chi connectivity index (χ2v) is 13.6. The number of likely N-dealkylation sites (tertiary alicyclic amines) is 1. The summed E-state index contributed by atoms with van der Waals surface area (Å²) in [5, 5.41) is 29.6. The Morgan fingerprint density at radius 3 is 2.06 bits per heavy atom. The lowest BCUT2D eigenvalue weighted by atomic mass is 10.00. The lowest BCUT2D eigenvalue weighted by Gasteiger charge is -2.31. The first-order chi connectivity index (χ1) is 23.4. The number of aromatic hydroxyl groups is 1. The number of thiol groups is 1. The molecule has 1 aromatic rings. The van der Waals surface area contributed by atoms with E-state index in [4.69, 9.17) is 11.5 Å². The number of phenols is 1. The Bertz CT molecular complexity index is 1380. The molecule has 1 aromatic carbocycles. The second-order valence-electron chi connectivity index (χ2n) is 13.2. The van der Waals surface area contributed by atoms with Crippen molar-refractivity contribution in [1.82, 2.24) is 26.2 Å². The van der Waals surface area contributed by atoms with Crippen LogP contribution in [0.15, 0.2) is 24.3 Å². The van der Waals surface area contributed by atoms with Gasteiger partial charge in [0.05, 0.1) is 6.04 Å². The zero-order chi connectivity index (χ0) is 37.7. The van der Waals surface area contributed by atoms with E-state index in [9.17, 15) is 43.8 Å². The van der Waals surface area contributed by atoms with Crippen LogP contribution in [-0.4, -0.2) is 105 Å². The van der Waals surface area contributed by atoms with E-state index in [0.29, 0.717) is 18.4 Å². The number of primary amides is 1. The minimum Gasteiger partial charge on any atom is -0.508 e. The van der Waals surface area contributed by atoms with Crippen LogP contribution in [0, 0.1) is 11.8 Å². The van der Waals surface area contributed by atoms with Crippen molar-refractivity contribution in [3.8, 4) is 5.75 Å². The maximum Gasteiger partial charge on any atom is 0.326 e. The largest absolute Gasteiger partial charge is 0.508 e. The number of carboxylic acids is 1. The van der Waals surface area contributed by atoms with Crippen LogP contribution < -0.4 is 32.7 Å². The van der Waals surface area contributed by atoms with Gasteiger partial charge in [-0.2, -0.15) is 12.6 Å². The molecule has 0 bridgehead atoms. The molecule has 1 heterocycles. The van der Waals surface area contributed by atoms with Crippen LogP contribution in [-0.2, 0) is 40.0 Å². The molecule has 1 aliphatic heterocycles. The number of phenolic OH excluding ortho intramolecular Hbond substituents is 1. The second kappa shape index (κ2) is 19.7. The summed E-state index contributed by atoms with van der Waals surface area (Å²) in [5.74, 6) is -5.80.